The quantitative estimate of drug-likeness (QED) is 0.155. The summed E-state index contributed by atoms with van der Waals surface area (Å²) in [7, 11) is 3.68. The summed E-state index contributed by atoms with van der Waals surface area (Å²) >= 11 is 0. The number of aromatic nitrogens is 4. The highest BCUT2D eigenvalue weighted by molar-refractivity contribution is 5.96. The number of carboxylic acids is 2. The largest absolute Gasteiger partial charge is 0.481 e. The summed E-state index contributed by atoms with van der Waals surface area (Å²) in [6.45, 7) is 1.53. The molecule has 272 valence electrons. The second kappa shape index (κ2) is 17.3. The van der Waals surface area contributed by atoms with E-state index in [1.807, 2.05) is 7.05 Å². The number of rotatable bonds is 12. The Kier molecular flexibility index (Phi) is 13.0. The first-order chi connectivity index (χ1) is 24.3. The fourth-order valence-electron chi connectivity index (χ4n) is 5.20. The number of hydrogen-bond donors (Lipinski definition) is 4. The molecule has 1 aliphatic rings. The number of piperazine rings is 1. The van der Waals surface area contributed by atoms with Gasteiger partial charge in [-0.3, -0.25) is 19.3 Å². The summed E-state index contributed by atoms with van der Waals surface area (Å²) < 4.78 is 66.0. The van der Waals surface area contributed by atoms with Gasteiger partial charge in [0.2, 0.25) is 5.91 Å². The monoisotopic (exact) mass is 716 g/mol. The van der Waals surface area contributed by atoms with Gasteiger partial charge in [0.1, 0.15) is 11.3 Å². The predicted octanol–water partition coefficient (Wildman–Crippen LogP) is 4.07. The van der Waals surface area contributed by atoms with Gasteiger partial charge in [0, 0.05) is 38.4 Å². The van der Waals surface area contributed by atoms with E-state index in [-0.39, 0.29) is 55.5 Å². The second-order valence-electron chi connectivity index (χ2n) is 11.4. The number of aliphatic carboxylic acids is 2. The van der Waals surface area contributed by atoms with Crippen LogP contribution < -0.4 is 20.3 Å². The van der Waals surface area contributed by atoms with Gasteiger partial charge in [-0.1, -0.05) is 12.1 Å². The molecule has 0 radical (unpaired) electrons. The molecule has 1 amide bonds. The van der Waals surface area contributed by atoms with Crippen LogP contribution in [-0.2, 0) is 27.0 Å². The molecule has 1 atom stereocenters. The van der Waals surface area contributed by atoms with Gasteiger partial charge in [-0.25, -0.2) is 9.07 Å². The van der Waals surface area contributed by atoms with E-state index in [4.69, 9.17) is 14.9 Å². The fraction of sp³-hybridized carbons (Fsp3) is 0.333. The molecule has 0 unspecified atom stereocenters. The van der Waals surface area contributed by atoms with E-state index in [2.05, 4.69) is 30.8 Å². The van der Waals surface area contributed by atoms with Crippen molar-refractivity contribution < 1.29 is 46.9 Å². The van der Waals surface area contributed by atoms with Crippen LogP contribution in [0.15, 0.2) is 67.1 Å². The topological polar surface area (TPSA) is 175 Å². The third-order valence-corrected chi connectivity index (χ3v) is 7.66. The summed E-state index contributed by atoms with van der Waals surface area (Å²) in [5.41, 5.74) is -0.340. The van der Waals surface area contributed by atoms with Gasteiger partial charge >= 0.3 is 18.1 Å². The Hall–Kier alpha value is -5.62. The van der Waals surface area contributed by atoms with Crippen molar-refractivity contribution in [3.63, 3.8) is 0 Å². The summed E-state index contributed by atoms with van der Waals surface area (Å²) in [6.07, 6.45) is -1.02. The zero-order valence-electron chi connectivity index (χ0n) is 27.6. The van der Waals surface area contributed by atoms with Crippen molar-refractivity contribution in [3.05, 3.63) is 84.2 Å². The number of nitrogens with one attached hydrogen (secondary N) is 2. The minimum atomic E-state index is -4.89. The molecule has 0 spiro atoms. The van der Waals surface area contributed by atoms with Gasteiger partial charge in [0.25, 0.3) is 0 Å². The number of carboxylic acid groups (broad SMARTS) is 2. The van der Waals surface area contributed by atoms with Crippen molar-refractivity contribution in [1.29, 1.82) is 0 Å². The van der Waals surface area contributed by atoms with Gasteiger partial charge in [0.05, 0.1) is 54.4 Å². The summed E-state index contributed by atoms with van der Waals surface area (Å²) in [5.74, 6) is -4.43. The second-order valence-corrected chi connectivity index (χ2v) is 11.4. The van der Waals surface area contributed by atoms with Crippen molar-refractivity contribution in [3.8, 4) is 17.2 Å². The van der Waals surface area contributed by atoms with Gasteiger partial charge in [0.15, 0.2) is 11.6 Å². The van der Waals surface area contributed by atoms with Crippen LogP contribution in [0.4, 0.5) is 28.9 Å². The number of hydrogen-bond acceptors (Lipinski definition) is 10. The number of alkyl halides is 3. The Labute approximate surface area is 289 Å². The van der Waals surface area contributed by atoms with E-state index in [0.29, 0.717) is 24.5 Å². The van der Waals surface area contributed by atoms with Crippen LogP contribution in [0, 0.1) is 5.82 Å². The van der Waals surface area contributed by atoms with Crippen LogP contribution in [0.2, 0.25) is 0 Å². The molecule has 2 aromatic heterocycles. The molecule has 1 saturated heterocycles. The maximum absolute atomic E-state index is 14.9. The van der Waals surface area contributed by atoms with Crippen LogP contribution in [0.3, 0.4) is 0 Å². The Balaban J connectivity index is 0.000000652. The van der Waals surface area contributed by atoms with Crippen LogP contribution >= 0.6 is 0 Å². The number of carbonyl (C=O) groups is 3. The number of likely N-dealkylation sites (N-methyl/N-ethyl adjacent to an activating group) is 2. The van der Waals surface area contributed by atoms with Crippen molar-refractivity contribution >= 4 is 29.2 Å². The molecule has 0 bridgehead atoms. The zero-order valence-corrected chi connectivity index (χ0v) is 27.6. The van der Waals surface area contributed by atoms with E-state index in [1.54, 1.807) is 30.3 Å². The van der Waals surface area contributed by atoms with Crippen molar-refractivity contribution in [2.24, 2.45) is 0 Å². The van der Waals surface area contributed by atoms with E-state index >= 15 is 0 Å². The Morgan fingerprint density at radius 2 is 1.71 bits per heavy atom. The number of amides is 1. The molecular formula is C33H36F4N8O6. The zero-order chi connectivity index (χ0) is 37.1. The van der Waals surface area contributed by atoms with Crippen LogP contribution in [-0.4, -0.2) is 99.3 Å². The molecule has 5 rings (SSSR count). The van der Waals surface area contributed by atoms with Crippen molar-refractivity contribution in [2.75, 3.05) is 50.5 Å². The first-order valence-corrected chi connectivity index (χ1v) is 15.6. The van der Waals surface area contributed by atoms with E-state index in [0.717, 1.165) is 12.1 Å². The Morgan fingerprint density at radius 3 is 2.33 bits per heavy atom. The molecule has 0 aliphatic carbocycles. The lowest BCUT2D eigenvalue weighted by molar-refractivity contribution is -0.143. The average Bonchev–Trinajstić information content (AvgIpc) is 3.55. The van der Waals surface area contributed by atoms with Crippen molar-refractivity contribution in [2.45, 2.75) is 31.5 Å². The number of para-hydroxylation sites is 1. The molecule has 3 heterocycles. The molecule has 2 aromatic carbocycles. The first kappa shape index (κ1) is 38.2. The maximum Gasteiger partial charge on any atom is 0.422 e. The van der Waals surface area contributed by atoms with Crippen LogP contribution in [0.5, 0.6) is 11.5 Å². The highest BCUT2D eigenvalue weighted by Crippen LogP contribution is 2.48. The lowest BCUT2D eigenvalue weighted by Crippen LogP contribution is -2.55. The summed E-state index contributed by atoms with van der Waals surface area (Å²) in [6, 6.07) is 10.9. The molecule has 0 saturated carbocycles. The highest BCUT2D eigenvalue weighted by Gasteiger charge is 2.42. The Bertz CT molecular complexity index is 1790. The number of benzene rings is 2. The molecule has 4 N–H and O–H groups in total. The molecular weight excluding hydrogens is 680 g/mol. The van der Waals surface area contributed by atoms with E-state index in [1.165, 1.54) is 41.3 Å². The van der Waals surface area contributed by atoms with Gasteiger partial charge in [-0.05, 0) is 50.5 Å². The lowest BCUT2D eigenvalue weighted by atomic mass is 10.0. The van der Waals surface area contributed by atoms with Gasteiger partial charge in [-0.15, -0.1) is 0 Å². The van der Waals surface area contributed by atoms with E-state index in [9.17, 15) is 31.9 Å². The maximum atomic E-state index is 14.9. The first-order valence-electron chi connectivity index (χ1n) is 15.6. The molecule has 1 fully saturated rings. The standard InChI is InChI=1S/C29H30F4N8O2.C4H6O4/c1-34-16-21-18-40(14-13-39(21)2)28-23(37-26(42)15-19-10-12-41(38-19)20-9-11-35-36-17-20)7-8-25(27(28)29(31,32)33)43-24-6-4-3-5-22(24)30;5-3(6)1-2-4(7)8/h3-12,17,21,34H,13-16,18H2,1-2H3,(H,37,42);1-2H2,(H,5,6)(H,7,8)/t21-;/m0./s1. The van der Waals surface area contributed by atoms with Crippen LogP contribution in [0.1, 0.15) is 24.1 Å². The number of ether oxygens (including phenoxy) is 1. The lowest BCUT2D eigenvalue weighted by Gasteiger charge is -2.42. The van der Waals surface area contributed by atoms with Crippen LogP contribution in [0.25, 0.3) is 5.69 Å². The molecule has 51 heavy (non-hydrogen) atoms. The molecule has 14 nitrogen and oxygen atoms in total. The minimum Gasteiger partial charge on any atom is -0.481 e. The molecule has 18 heteroatoms. The summed E-state index contributed by atoms with van der Waals surface area (Å²) in [4.78, 5) is 36.1. The Morgan fingerprint density at radius 1 is 0.980 bits per heavy atom. The third kappa shape index (κ3) is 10.7. The average molecular weight is 717 g/mol. The summed E-state index contributed by atoms with van der Waals surface area (Å²) in [5, 5.41) is 33.4. The minimum absolute atomic E-state index is 0.0382. The number of nitrogens with zero attached hydrogens (tertiary/aromatic N) is 6. The van der Waals surface area contributed by atoms with Gasteiger partial charge < -0.3 is 30.5 Å². The van der Waals surface area contributed by atoms with Crippen molar-refractivity contribution in [1.82, 2.24) is 30.2 Å². The predicted molar refractivity (Wildman–Crippen MR) is 176 cm³/mol. The number of anilines is 2. The molecule has 4 aromatic rings. The molecule has 1 aliphatic heterocycles. The number of carbonyl (C=O) groups excluding carboxylic acids is 1. The smallest absolute Gasteiger partial charge is 0.422 e. The fourth-order valence-corrected chi connectivity index (χ4v) is 5.20. The highest BCUT2D eigenvalue weighted by atomic mass is 19.4. The SMILES string of the molecule is CNC[C@H]1CN(c2c(NC(=O)Cc3ccn(-c4ccnnc4)n3)ccc(Oc3ccccc3F)c2C(F)(F)F)CCN1C.O=C(O)CCC(=O)O. The third-order valence-electron chi connectivity index (χ3n) is 7.66. The number of halogens is 4. The van der Waals surface area contributed by atoms with Gasteiger partial charge in [-0.2, -0.15) is 28.5 Å². The normalized spacial score (nSPS) is 14.7. The van der Waals surface area contributed by atoms with E-state index < -0.39 is 41.2 Å².